The number of nitrogens with two attached hydrogens (primary N) is 1. The first-order chi connectivity index (χ1) is 24.8. The number of aldehydes is 1. The Morgan fingerprint density at radius 3 is 1.41 bits per heavy atom. The molecule has 11 heteroatoms. The average Bonchev–Trinajstić information content (AvgIpc) is 3.13. The molecule has 0 spiro atoms. The van der Waals surface area contributed by atoms with E-state index in [-0.39, 0.29) is 0 Å². The molecule has 2 amide bonds. The lowest BCUT2D eigenvalue weighted by Gasteiger charge is -2.09. The van der Waals surface area contributed by atoms with Crippen LogP contribution in [0.25, 0.3) is 0 Å². The van der Waals surface area contributed by atoms with Crippen LogP contribution in [0.2, 0.25) is 10.0 Å². The zero-order chi connectivity index (χ0) is 37.5. The zero-order valence-corrected chi connectivity index (χ0v) is 32.4. The van der Waals surface area contributed by atoms with E-state index in [0.717, 1.165) is 25.7 Å². The molecule has 286 valence electrons. The number of hydrazine groups is 1. The minimum absolute atomic E-state index is 0.299. The molecule has 0 unspecified atom stereocenters. The average molecular weight is 751 g/mol. The third-order valence-corrected chi connectivity index (χ3v) is 9.08. The van der Waals surface area contributed by atoms with Crippen LogP contribution >= 0.6 is 23.2 Å². The van der Waals surface area contributed by atoms with Crippen LogP contribution in [0.3, 0.4) is 0 Å². The third-order valence-electron chi connectivity index (χ3n) is 8.40. The molecule has 51 heavy (non-hydrogen) atoms. The van der Waals surface area contributed by atoms with E-state index in [9.17, 15) is 19.2 Å². The predicted octanol–water partition coefficient (Wildman–Crippen LogP) is 11.6. The summed E-state index contributed by atoms with van der Waals surface area (Å²) in [5, 5.41) is 3.11. The minimum atomic E-state index is -0.618. The van der Waals surface area contributed by atoms with Gasteiger partial charge in [0, 0.05) is 5.56 Å². The number of hydrogen-bond donors (Lipinski definition) is 3. The molecule has 2 aromatic carbocycles. The van der Waals surface area contributed by atoms with Gasteiger partial charge in [0.1, 0.15) is 0 Å². The molecule has 9 nitrogen and oxygen atoms in total. The quantitative estimate of drug-likeness (QED) is 0.0217. The van der Waals surface area contributed by atoms with Crippen LogP contribution in [0.1, 0.15) is 173 Å². The van der Waals surface area contributed by atoms with Crippen LogP contribution < -0.4 is 16.6 Å². The lowest BCUT2D eigenvalue weighted by molar-refractivity contribution is 0.0488. The van der Waals surface area contributed by atoms with Gasteiger partial charge in [0.25, 0.3) is 0 Å². The predicted molar refractivity (Wildman–Crippen MR) is 209 cm³/mol. The number of amides is 2. The van der Waals surface area contributed by atoms with Gasteiger partial charge in [-0.3, -0.25) is 10.2 Å². The third kappa shape index (κ3) is 22.4. The number of carbonyl (C=O) groups excluding carboxylic acids is 4. The molecule has 2 aromatic rings. The molecule has 0 bridgehead atoms. The number of hydrogen-bond acceptors (Lipinski definition) is 7. The molecule has 0 fully saturated rings. The summed E-state index contributed by atoms with van der Waals surface area (Å²) >= 11 is 11.8. The summed E-state index contributed by atoms with van der Waals surface area (Å²) in [7, 11) is 0. The number of esters is 2. The number of unbranched alkanes of at least 4 members (excludes halogenated alkanes) is 18. The number of carbonyl (C=O) groups is 4. The topological polar surface area (TPSA) is 137 Å². The van der Waals surface area contributed by atoms with Gasteiger partial charge in [-0.2, -0.15) is 0 Å². The van der Waals surface area contributed by atoms with Crippen molar-refractivity contribution in [2.45, 2.75) is 142 Å². The van der Waals surface area contributed by atoms with Gasteiger partial charge in [-0.15, -0.1) is 0 Å². The molecular weight excluding hydrogens is 689 g/mol. The van der Waals surface area contributed by atoms with E-state index in [1.807, 2.05) is 5.43 Å². The van der Waals surface area contributed by atoms with Crippen molar-refractivity contribution in [3.63, 3.8) is 0 Å². The Labute approximate surface area is 316 Å². The van der Waals surface area contributed by atoms with Crippen molar-refractivity contribution in [2.24, 2.45) is 5.84 Å². The van der Waals surface area contributed by atoms with Gasteiger partial charge >= 0.3 is 18.0 Å². The van der Waals surface area contributed by atoms with Crippen molar-refractivity contribution in [2.75, 3.05) is 18.5 Å². The lowest BCUT2D eigenvalue weighted by atomic mass is 10.1. The van der Waals surface area contributed by atoms with Crippen LogP contribution in [0.5, 0.6) is 0 Å². The molecule has 0 atom stereocenters. The Hall–Kier alpha value is -3.14. The number of anilines is 1. The second-order valence-corrected chi connectivity index (χ2v) is 13.6. The number of urea groups is 1. The molecule has 0 radical (unpaired) electrons. The summed E-state index contributed by atoms with van der Waals surface area (Å²) in [6.45, 7) is 5.29. The van der Waals surface area contributed by atoms with Gasteiger partial charge in [-0.05, 0) is 49.2 Å². The first-order valence-corrected chi connectivity index (χ1v) is 19.7. The van der Waals surface area contributed by atoms with Crippen molar-refractivity contribution >= 4 is 53.1 Å². The first kappa shape index (κ1) is 45.9. The second-order valence-electron chi connectivity index (χ2n) is 12.8. The van der Waals surface area contributed by atoms with E-state index in [2.05, 4.69) is 19.2 Å². The number of rotatable bonds is 26. The summed E-state index contributed by atoms with van der Waals surface area (Å²) in [4.78, 5) is 46.1. The Morgan fingerprint density at radius 1 is 0.608 bits per heavy atom. The second kappa shape index (κ2) is 30.5. The highest BCUT2D eigenvalue weighted by Gasteiger charge is 2.12. The molecule has 2 rings (SSSR count). The van der Waals surface area contributed by atoms with Crippen molar-refractivity contribution in [3.05, 3.63) is 63.1 Å². The van der Waals surface area contributed by atoms with Gasteiger partial charge in [-0.1, -0.05) is 153 Å². The fourth-order valence-corrected chi connectivity index (χ4v) is 5.67. The smallest absolute Gasteiger partial charge is 0.338 e. The molecule has 0 heterocycles. The van der Waals surface area contributed by atoms with E-state index in [4.69, 9.17) is 38.5 Å². The number of benzene rings is 2. The van der Waals surface area contributed by atoms with Gasteiger partial charge < -0.3 is 14.8 Å². The van der Waals surface area contributed by atoms with Crippen LogP contribution in [0.4, 0.5) is 10.5 Å². The minimum Gasteiger partial charge on any atom is -0.462 e. The maximum Gasteiger partial charge on any atom is 0.338 e. The Morgan fingerprint density at radius 2 is 1.00 bits per heavy atom. The molecule has 0 aliphatic heterocycles. The maximum absolute atomic E-state index is 12.1. The van der Waals surface area contributed by atoms with E-state index >= 15 is 0 Å². The van der Waals surface area contributed by atoms with Crippen molar-refractivity contribution in [3.8, 4) is 0 Å². The number of nitrogens with one attached hydrogen (secondary N) is 2. The first-order valence-electron chi connectivity index (χ1n) is 18.9. The molecule has 0 aromatic heterocycles. The Balaban J connectivity index is 0.000000514. The van der Waals surface area contributed by atoms with E-state index in [1.165, 1.54) is 121 Å². The van der Waals surface area contributed by atoms with Crippen LogP contribution in [0, 0.1) is 0 Å². The Bertz CT molecular complexity index is 1280. The molecule has 0 aliphatic rings. The summed E-state index contributed by atoms with van der Waals surface area (Å²) in [6, 6.07) is 8.54. The summed E-state index contributed by atoms with van der Waals surface area (Å²) in [5.41, 5.74) is 3.25. The fraction of sp³-hybridized carbons (Fsp3) is 0.600. The van der Waals surface area contributed by atoms with Crippen LogP contribution in [-0.4, -0.2) is 37.5 Å². The molecule has 0 saturated carbocycles. The van der Waals surface area contributed by atoms with Gasteiger partial charge in [-0.25, -0.2) is 20.2 Å². The SMILES string of the molecule is CCCCCCCCCCCCOC(=O)c1ccc(Cl)c(C=O)c1.CCCCCCCCCCCCOC(=O)c1ccc(Cl)c(NC(=O)NN)c1. The van der Waals surface area contributed by atoms with Crippen molar-refractivity contribution in [1.82, 2.24) is 5.43 Å². The maximum atomic E-state index is 12.1. The molecule has 0 aliphatic carbocycles. The highest BCUT2D eigenvalue weighted by atomic mass is 35.5. The highest BCUT2D eigenvalue weighted by molar-refractivity contribution is 6.34. The number of halogens is 2. The normalized spacial score (nSPS) is 10.5. The van der Waals surface area contributed by atoms with E-state index in [0.29, 0.717) is 51.9 Å². The summed E-state index contributed by atoms with van der Waals surface area (Å²) in [6.07, 6.45) is 25.4. The zero-order valence-electron chi connectivity index (χ0n) is 30.9. The van der Waals surface area contributed by atoms with Crippen LogP contribution in [0.15, 0.2) is 36.4 Å². The standard InChI is InChI=1S/C20H32ClN3O3.C20H29ClO3/c1-2-3-4-5-6-7-8-9-10-11-14-27-19(25)16-12-13-17(21)18(15-16)23-20(26)24-22;1-2-3-4-5-6-7-8-9-10-11-14-24-20(23)17-12-13-19(21)18(15-17)16-22/h12-13,15H,2-11,14,22H2,1H3,(H2,23,24,26);12-13,15-16H,2-11,14H2,1H3. The van der Waals surface area contributed by atoms with E-state index < -0.39 is 18.0 Å². The Kier molecular flexibility index (Phi) is 27.4. The molecule has 4 N–H and O–H groups in total. The number of ether oxygens (including phenoxy) is 2. The van der Waals surface area contributed by atoms with E-state index in [1.54, 1.807) is 18.2 Å². The fourth-order valence-electron chi connectivity index (χ4n) is 5.34. The lowest BCUT2D eigenvalue weighted by Crippen LogP contribution is -2.34. The largest absolute Gasteiger partial charge is 0.462 e. The van der Waals surface area contributed by atoms with Crippen molar-refractivity contribution < 1.29 is 28.7 Å². The summed E-state index contributed by atoms with van der Waals surface area (Å²) in [5.74, 6) is 4.19. The highest BCUT2D eigenvalue weighted by Crippen LogP contribution is 2.23. The van der Waals surface area contributed by atoms with Gasteiger partial charge in [0.15, 0.2) is 6.29 Å². The summed E-state index contributed by atoms with van der Waals surface area (Å²) < 4.78 is 10.5. The van der Waals surface area contributed by atoms with Crippen molar-refractivity contribution in [1.29, 1.82) is 0 Å². The monoisotopic (exact) mass is 749 g/mol. The van der Waals surface area contributed by atoms with Crippen LogP contribution in [-0.2, 0) is 9.47 Å². The molecular formula is C40H61Cl2N3O6. The van der Waals surface area contributed by atoms with Gasteiger partial charge in [0.05, 0.1) is 40.1 Å². The van der Waals surface area contributed by atoms with Gasteiger partial charge in [0.2, 0.25) is 0 Å². The molecule has 0 saturated heterocycles.